The van der Waals surface area contributed by atoms with Gasteiger partial charge in [0, 0.05) is 24.0 Å². The van der Waals surface area contributed by atoms with Crippen LogP contribution in [0.3, 0.4) is 0 Å². The predicted octanol–water partition coefficient (Wildman–Crippen LogP) is 5.55. The lowest BCUT2D eigenvalue weighted by atomic mass is 10.1. The van der Waals surface area contributed by atoms with Crippen LogP contribution in [0.2, 0.25) is 5.28 Å². The molecule has 0 aliphatic heterocycles. The maximum absolute atomic E-state index is 13.1. The fourth-order valence-electron chi connectivity index (χ4n) is 3.29. The van der Waals surface area contributed by atoms with E-state index in [0.29, 0.717) is 11.2 Å². The molecule has 0 bridgehead atoms. The van der Waals surface area contributed by atoms with Crippen LogP contribution in [-0.2, 0) is 6.18 Å². The molecule has 4 rings (SSSR count). The van der Waals surface area contributed by atoms with E-state index in [1.807, 2.05) is 32.9 Å². The second-order valence-electron chi connectivity index (χ2n) is 7.25. The Kier molecular flexibility index (Phi) is 5.01. The van der Waals surface area contributed by atoms with Crippen LogP contribution in [-0.4, -0.2) is 29.3 Å². The minimum atomic E-state index is -4.49. The maximum atomic E-state index is 13.1. The second kappa shape index (κ2) is 7.39. The molecule has 1 atom stereocenters. The number of imidazole rings is 1. The summed E-state index contributed by atoms with van der Waals surface area (Å²) in [4.78, 5) is 12.0. The summed E-state index contributed by atoms with van der Waals surface area (Å²) in [6.45, 7) is 5.59. The van der Waals surface area contributed by atoms with E-state index in [-0.39, 0.29) is 23.2 Å². The monoisotopic (exact) mass is 434 g/mol. The summed E-state index contributed by atoms with van der Waals surface area (Å²) in [7, 11) is 0. The molecule has 0 amide bonds. The number of rotatable bonds is 4. The fraction of sp³-hybridized carbons (Fsp3) is 0.300. The van der Waals surface area contributed by atoms with Crippen LogP contribution >= 0.6 is 11.6 Å². The number of alkyl halides is 3. The first-order valence-electron chi connectivity index (χ1n) is 9.27. The lowest BCUT2D eigenvalue weighted by Gasteiger charge is -2.15. The average Bonchev–Trinajstić information content (AvgIpc) is 3.32. The zero-order chi connectivity index (χ0) is 21.6. The van der Waals surface area contributed by atoms with E-state index in [1.165, 1.54) is 4.57 Å². The molecule has 0 spiro atoms. The van der Waals surface area contributed by atoms with E-state index in [2.05, 4.69) is 20.1 Å². The van der Waals surface area contributed by atoms with Crippen LogP contribution in [0.1, 0.15) is 44.1 Å². The molecular formula is C20H18ClF3N6. The van der Waals surface area contributed by atoms with Crippen molar-refractivity contribution in [2.45, 2.75) is 39.0 Å². The molecule has 4 aromatic rings. The molecule has 3 heterocycles. The van der Waals surface area contributed by atoms with Crippen molar-refractivity contribution in [3.8, 4) is 11.4 Å². The molecule has 0 N–H and O–H groups in total. The lowest BCUT2D eigenvalue weighted by Crippen LogP contribution is -2.09. The minimum absolute atomic E-state index is 0.132. The number of halogens is 4. The van der Waals surface area contributed by atoms with Gasteiger partial charge in [-0.2, -0.15) is 23.3 Å². The van der Waals surface area contributed by atoms with Crippen molar-refractivity contribution in [3.63, 3.8) is 0 Å². The van der Waals surface area contributed by atoms with Gasteiger partial charge in [0.1, 0.15) is 5.82 Å². The largest absolute Gasteiger partial charge is 0.434 e. The Labute approximate surface area is 175 Å². The molecule has 30 heavy (non-hydrogen) atoms. The first-order valence-corrected chi connectivity index (χ1v) is 9.65. The van der Waals surface area contributed by atoms with E-state index in [1.54, 1.807) is 29.2 Å². The van der Waals surface area contributed by atoms with Gasteiger partial charge in [-0.05, 0) is 37.9 Å². The zero-order valence-electron chi connectivity index (χ0n) is 16.4. The van der Waals surface area contributed by atoms with Crippen LogP contribution < -0.4 is 0 Å². The molecule has 0 aliphatic rings. The number of hydrogen-bond acceptors (Lipinski definition) is 4. The number of aromatic nitrogens is 6. The first-order chi connectivity index (χ1) is 14.1. The molecule has 1 aromatic carbocycles. The molecule has 0 aliphatic carbocycles. The van der Waals surface area contributed by atoms with Crippen molar-refractivity contribution < 1.29 is 13.2 Å². The molecule has 0 saturated carbocycles. The van der Waals surface area contributed by atoms with Gasteiger partial charge in [0.15, 0.2) is 11.3 Å². The summed E-state index contributed by atoms with van der Waals surface area (Å²) in [5.74, 6) is 0.278. The van der Waals surface area contributed by atoms with Crippen LogP contribution in [0, 0.1) is 0 Å². The molecule has 10 heteroatoms. The third-order valence-electron chi connectivity index (χ3n) is 4.90. The highest BCUT2D eigenvalue weighted by Gasteiger charge is 2.35. The molecule has 0 fully saturated rings. The number of hydrogen-bond donors (Lipinski definition) is 0. The van der Waals surface area contributed by atoms with Crippen molar-refractivity contribution in [2.24, 2.45) is 0 Å². The van der Waals surface area contributed by atoms with Gasteiger partial charge in [-0.15, -0.1) is 0 Å². The van der Waals surface area contributed by atoms with Crippen molar-refractivity contribution in [2.75, 3.05) is 0 Å². The van der Waals surface area contributed by atoms with Crippen molar-refractivity contribution in [3.05, 3.63) is 59.4 Å². The Morgan fingerprint density at radius 3 is 2.33 bits per heavy atom. The Morgan fingerprint density at radius 1 is 1.00 bits per heavy atom. The molecular weight excluding hydrogens is 417 g/mol. The number of benzene rings is 1. The van der Waals surface area contributed by atoms with Gasteiger partial charge < -0.3 is 4.57 Å². The van der Waals surface area contributed by atoms with Gasteiger partial charge in [0.05, 0.1) is 17.6 Å². The van der Waals surface area contributed by atoms with Gasteiger partial charge in [-0.3, -0.25) is 0 Å². The SMILES string of the molecule is CC(C)n1cc(C(F)(F)F)nc1-c1ccc([C@@H](C)n2ncc3cnc(Cl)nc32)cc1. The van der Waals surface area contributed by atoms with E-state index in [4.69, 9.17) is 11.6 Å². The highest BCUT2D eigenvalue weighted by Crippen LogP contribution is 2.33. The molecule has 156 valence electrons. The quantitative estimate of drug-likeness (QED) is 0.395. The van der Waals surface area contributed by atoms with Crippen LogP contribution in [0.25, 0.3) is 22.4 Å². The summed E-state index contributed by atoms with van der Waals surface area (Å²) in [6, 6.07) is 6.90. The van der Waals surface area contributed by atoms with Gasteiger partial charge in [-0.25, -0.2) is 14.6 Å². The number of nitrogens with zero attached hydrogens (tertiary/aromatic N) is 6. The van der Waals surface area contributed by atoms with E-state index < -0.39 is 11.9 Å². The van der Waals surface area contributed by atoms with Gasteiger partial charge in [0.25, 0.3) is 0 Å². The Morgan fingerprint density at radius 2 is 1.70 bits per heavy atom. The third-order valence-corrected chi connectivity index (χ3v) is 5.08. The lowest BCUT2D eigenvalue weighted by molar-refractivity contribution is -0.140. The summed E-state index contributed by atoms with van der Waals surface area (Å²) in [6.07, 6.45) is -0.175. The highest BCUT2D eigenvalue weighted by molar-refractivity contribution is 6.28. The predicted molar refractivity (Wildman–Crippen MR) is 107 cm³/mol. The van der Waals surface area contributed by atoms with Crippen LogP contribution in [0.4, 0.5) is 13.2 Å². The molecule has 6 nitrogen and oxygen atoms in total. The van der Waals surface area contributed by atoms with Crippen LogP contribution in [0.15, 0.2) is 42.9 Å². The minimum Gasteiger partial charge on any atom is -0.328 e. The molecule has 0 radical (unpaired) electrons. The standard InChI is InChI=1S/C20H18ClF3N6/c1-11(2)29-10-16(20(22,23)24)27-17(29)14-6-4-13(5-7-14)12(3)30-18-15(9-26-30)8-25-19(21)28-18/h4-12H,1-3H3/t12-/m1/s1. The van der Waals surface area contributed by atoms with E-state index in [0.717, 1.165) is 17.1 Å². The topological polar surface area (TPSA) is 61.4 Å². The molecule has 3 aromatic heterocycles. The van der Waals surface area contributed by atoms with Crippen LogP contribution in [0.5, 0.6) is 0 Å². The highest BCUT2D eigenvalue weighted by atomic mass is 35.5. The van der Waals surface area contributed by atoms with Crippen molar-refractivity contribution in [1.29, 1.82) is 0 Å². The Bertz CT molecular complexity index is 1190. The normalized spacial score (nSPS) is 13.3. The Balaban J connectivity index is 1.69. The number of fused-ring (bicyclic) bond motifs is 1. The van der Waals surface area contributed by atoms with Gasteiger partial charge in [0.2, 0.25) is 5.28 Å². The fourth-order valence-corrected chi connectivity index (χ4v) is 3.42. The van der Waals surface area contributed by atoms with E-state index in [9.17, 15) is 13.2 Å². The van der Waals surface area contributed by atoms with Gasteiger partial charge in [-0.1, -0.05) is 24.3 Å². The van der Waals surface area contributed by atoms with E-state index >= 15 is 0 Å². The zero-order valence-corrected chi connectivity index (χ0v) is 17.1. The smallest absolute Gasteiger partial charge is 0.328 e. The third kappa shape index (κ3) is 3.65. The molecule has 0 saturated heterocycles. The van der Waals surface area contributed by atoms with Crippen molar-refractivity contribution in [1.82, 2.24) is 29.3 Å². The summed E-state index contributed by atoms with van der Waals surface area (Å²) in [5, 5.41) is 5.27. The first kappa shape index (κ1) is 20.3. The summed E-state index contributed by atoms with van der Waals surface area (Å²) in [5.41, 5.74) is 1.22. The van der Waals surface area contributed by atoms with Crippen molar-refractivity contribution >= 4 is 22.6 Å². The Hall–Kier alpha value is -2.94. The summed E-state index contributed by atoms with van der Waals surface area (Å²) < 4.78 is 42.7. The maximum Gasteiger partial charge on any atom is 0.434 e. The summed E-state index contributed by atoms with van der Waals surface area (Å²) >= 11 is 5.91. The average molecular weight is 435 g/mol. The molecule has 0 unspecified atom stereocenters. The van der Waals surface area contributed by atoms with Gasteiger partial charge >= 0.3 is 6.18 Å². The second-order valence-corrected chi connectivity index (χ2v) is 7.59.